The number of aromatic nitrogens is 2. The molecule has 0 aliphatic carbocycles. The first-order chi connectivity index (χ1) is 12.5. The van der Waals surface area contributed by atoms with Crippen LogP contribution in [0.15, 0.2) is 29.6 Å². The average Bonchev–Trinajstić information content (AvgIpc) is 3.29. The molecule has 3 heterocycles. The monoisotopic (exact) mass is 367 g/mol. The molecule has 5 nitrogen and oxygen atoms in total. The first kappa shape index (κ1) is 17.0. The van der Waals surface area contributed by atoms with Crippen LogP contribution in [-0.4, -0.2) is 39.6 Å². The number of ketones is 1. The lowest BCUT2D eigenvalue weighted by atomic mass is 9.96. The maximum atomic E-state index is 12.7. The number of aromatic amines is 1. The van der Waals surface area contributed by atoms with Crippen molar-refractivity contribution in [3.8, 4) is 0 Å². The predicted molar refractivity (Wildman–Crippen MR) is 103 cm³/mol. The van der Waals surface area contributed by atoms with Crippen LogP contribution < -0.4 is 0 Å². The molecule has 1 fully saturated rings. The van der Waals surface area contributed by atoms with Gasteiger partial charge in [-0.25, -0.2) is 4.98 Å². The number of carbonyl (C=O) groups excluding carboxylic acids is 2. The van der Waals surface area contributed by atoms with Gasteiger partial charge in [0.2, 0.25) is 0 Å². The molecule has 1 amide bonds. The summed E-state index contributed by atoms with van der Waals surface area (Å²) >= 11 is 1.34. The fourth-order valence-corrected chi connectivity index (χ4v) is 4.34. The summed E-state index contributed by atoms with van der Waals surface area (Å²) in [7, 11) is 0. The fourth-order valence-electron chi connectivity index (χ4n) is 3.56. The largest absolute Gasteiger partial charge is 0.342 e. The number of rotatable bonds is 3. The number of hydrogen-bond donors (Lipinski definition) is 1. The third-order valence-corrected chi connectivity index (χ3v) is 6.13. The Bertz CT molecular complexity index is 980. The van der Waals surface area contributed by atoms with Crippen molar-refractivity contribution in [3.63, 3.8) is 0 Å². The van der Waals surface area contributed by atoms with Gasteiger partial charge in [0.1, 0.15) is 5.82 Å². The number of aryl methyl sites for hydroxylation is 1. The summed E-state index contributed by atoms with van der Waals surface area (Å²) in [5.74, 6) is 1.40. The van der Waals surface area contributed by atoms with Gasteiger partial charge in [0.15, 0.2) is 5.78 Å². The van der Waals surface area contributed by atoms with Crippen LogP contribution in [-0.2, 0) is 0 Å². The van der Waals surface area contributed by atoms with Crippen molar-refractivity contribution in [2.24, 2.45) is 0 Å². The highest BCUT2D eigenvalue weighted by Crippen LogP contribution is 2.29. The molecule has 0 unspecified atom stereocenters. The number of thiophene rings is 1. The molecule has 1 aliphatic heterocycles. The number of nitrogens with one attached hydrogen (secondary N) is 1. The summed E-state index contributed by atoms with van der Waals surface area (Å²) in [6.45, 7) is 5.03. The summed E-state index contributed by atoms with van der Waals surface area (Å²) in [4.78, 5) is 34.9. The van der Waals surface area contributed by atoms with Crippen molar-refractivity contribution in [2.45, 2.75) is 32.6 Å². The first-order valence-corrected chi connectivity index (χ1v) is 9.75. The van der Waals surface area contributed by atoms with E-state index in [2.05, 4.69) is 24.0 Å². The summed E-state index contributed by atoms with van der Waals surface area (Å²) in [6.07, 6.45) is 1.79. The number of nitrogens with zero attached hydrogens (tertiary/aromatic N) is 2. The van der Waals surface area contributed by atoms with Gasteiger partial charge in [-0.3, -0.25) is 9.59 Å². The molecule has 2 aromatic heterocycles. The van der Waals surface area contributed by atoms with Gasteiger partial charge in [-0.2, -0.15) is 0 Å². The van der Waals surface area contributed by atoms with Crippen LogP contribution in [0.4, 0.5) is 0 Å². The van der Waals surface area contributed by atoms with Gasteiger partial charge in [0, 0.05) is 24.4 Å². The smallest absolute Gasteiger partial charge is 0.254 e. The molecule has 1 aromatic carbocycles. The molecule has 4 rings (SSSR count). The van der Waals surface area contributed by atoms with E-state index in [-0.39, 0.29) is 11.7 Å². The molecule has 1 saturated heterocycles. The van der Waals surface area contributed by atoms with Crippen molar-refractivity contribution in [1.29, 1.82) is 0 Å². The predicted octanol–water partition coefficient (Wildman–Crippen LogP) is 4.16. The molecule has 1 aliphatic rings. The summed E-state index contributed by atoms with van der Waals surface area (Å²) < 4.78 is 0. The zero-order valence-electron chi connectivity index (χ0n) is 14.9. The van der Waals surface area contributed by atoms with Gasteiger partial charge in [0.25, 0.3) is 5.91 Å². The highest BCUT2D eigenvalue weighted by Gasteiger charge is 2.27. The molecule has 3 aromatic rings. The first-order valence-electron chi connectivity index (χ1n) is 8.87. The number of likely N-dealkylation sites (tertiary alicyclic amines) is 1. The normalized spacial score (nSPS) is 15.5. The summed E-state index contributed by atoms with van der Waals surface area (Å²) in [5.41, 5.74) is 3.92. The number of fused-ring (bicyclic) bond motifs is 1. The molecule has 0 atom stereocenters. The molecule has 0 saturated carbocycles. The topological polar surface area (TPSA) is 66.1 Å². The number of H-pyrrole nitrogens is 1. The number of benzene rings is 1. The van der Waals surface area contributed by atoms with Gasteiger partial charge in [-0.15, -0.1) is 11.3 Å². The molecule has 0 bridgehead atoms. The second-order valence-corrected chi connectivity index (χ2v) is 7.83. The number of para-hydroxylation sites is 1. The zero-order valence-corrected chi connectivity index (χ0v) is 15.7. The minimum absolute atomic E-state index is 0.00735. The Morgan fingerprint density at radius 2 is 2.04 bits per heavy atom. The van der Waals surface area contributed by atoms with Crippen molar-refractivity contribution >= 4 is 34.1 Å². The van der Waals surface area contributed by atoms with E-state index in [4.69, 9.17) is 4.98 Å². The minimum Gasteiger partial charge on any atom is -0.342 e. The molecule has 0 radical (unpaired) electrons. The maximum absolute atomic E-state index is 12.7. The number of hydrogen-bond acceptors (Lipinski definition) is 4. The van der Waals surface area contributed by atoms with Crippen LogP contribution in [0, 0.1) is 6.92 Å². The lowest BCUT2D eigenvalue weighted by Gasteiger charge is -2.31. The number of Topliss-reactive ketones (excluding diaryl/α,β-unsaturated/α-hetero) is 1. The van der Waals surface area contributed by atoms with E-state index < -0.39 is 0 Å². The van der Waals surface area contributed by atoms with Crippen LogP contribution in [0.25, 0.3) is 11.0 Å². The van der Waals surface area contributed by atoms with Crippen LogP contribution in [0.2, 0.25) is 0 Å². The third-order valence-electron chi connectivity index (χ3n) is 5.10. The van der Waals surface area contributed by atoms with Crippen LogP contribution in [0.3, 0.4) is 0 Å². The molecule has 1 N–H and O–H groups in total. The van der Waals surface area contributed by atoms with E-state index in [1.54, 1.807) is 11.4 Å². The standard InChI is InChI=1S/C20H21N3O2S/c1-12-4-3-5-16-18(12)22-19(21-16)14-6-8-23(9-7-14)20(25)15-10-17(13(2)24)26-11-15/h3-5,10-11,14H,6-9H2,1-2H3,(H,21,22). The maximum Gasteiger partial charge on any atom is 0.254 e. The average molecular weight is 367 g/mol. The Labute approximate surface area is 156 Å². The fraction of sp³-hybridized carbons (Fsp3) is 0.350. The van der Waals surface area contributed by atoms with Crippen LogP contribution in [0.1, 0.15) is 57.1 Å². The zero-order chi connectivity index (χ0) is 18.3. The van der Waals surface area contributed by atoms with E-state index in [9.17, 15) is 9.59 Å². The van der Waals surface area contributed by atoms with Crippen LogP contribution in [0.5, 0.6) is 0 Å². The molecular formula is C20H21N3O2S. The van der Waals surface area contributed by atoms with E-state index in [1.165, 1.54) is 23.8 Å². The summed E-state index contributed by atoms with van der Waals surface area (Å²) in [6, 6.07) is 7.88. The Kier molecular flexibility index (Phi) is 4.36. The highest BCUT2D eigenvalue weighted by atomic mass is 32.1. The van der Waals surface area contributed by atoms with Crippen molar-refractivity contribution in [2.75, 3.05) is 13.1 Å². The molecule has 6 heteroatoms. The quantitative estimate of drug-likeness (QED) is 0.707. The van der Waals surface area contributed by atoms with Crippen molar-refractivity contribution in [3.05, 3.63) is 51.5 Å². The van der Waals surface area contributed by atoms with Crippen molar-refractivity contribution in [1.82, 2.24) is 14.9 Å². The Balaban J connectivity index is 1.45. The molecular weight excluding hydrogens is 346 g/mol. The molecule has 134 valence electrons. The summed E-state index contributed by atoms with van der Waals surface area (Å²) in [5, 5.41) is 1.78. The van der Waals surface area contributed by atoms with E-state index in [0.29, 0.717) is 29.4 Å². The SMILES string of the molecule is CC(=O)c1cc(C(=O)N2CCC(c3nc4c(C)cccc4[nH]3)CC2)cs1. The second-order valence-electron chi connectivity index (χ2n) is 6.92. The number of amides is 1. The lowest BCUT2D eigenvalue weighted by molar-refractivity contribution is 0.0712. The Hall–Kier alpha value is -2.47. The van der Waals surface area contributed by atoms with Gasteiger partial charge < -0.3 is 9.88 Å². The second kappa shape index (κ2) is 6.68. The number of piperidine rings is 1. The molecule has 0 spiro atoms. The Morgan fingerprint density at radius 1 is 1.27 bits per heavy atom. The number of imidazole rings is 1. The van der Waals surface area contributed by atoms with Crippen molar-refractivity contribution < 1.29 is 9.59 Å². The number of carbonyl (C=O) groups is 2. The van der Waals surface area contributed by atoms with E-state index in [1.807, 2.05) is 11.0 Å². The van der Waals surface area contributed by atoms with Gasteiger partial charge in [-0.05, 0) is 44.4 Å². The van der Waals surface area contributed by atoms with Gasteiger partial charge >= 0.3 is 0 Å². The Morgan fingerprint density at radius 3 is 2.69 bits per heavy atom. The van der Waals surface area contributed by atoms with E-state index >= 15 is 0 Å². The van der Waals surface area contributed by atoms with E-state index in [0.717, 1.165) is 29.7 Å². The third kappa shape index (κ3) is 3.05. The molecule has 26 heavy (non-hydrogen) atoms. The van der Waals surface area contributed by atoms with Gasteiger partial charge in [-0.1, -0.05) is 12.1 Å². The highest BCUT2D eigenvalue weighted by molar-refractivity contribution is 7.12. The minimum atomic E-state index is 0.00735. The lowest BCUT2D eigenvalue weighted by Crippen LogP contribution is -2.37. The van der Waals surface area contributed by atoms with Gasteiger partial charge in [0.05, 0.1) is 21.5 Å². The van der Waals surface area contributed by atoms with Crippen LogP contribution >= 0.6 is 11.3 Å².